The number of rotatable bonds is 6. The average Bonchev–Trinajstić information content (AvgIpc) is 2.97. The minimum Gasteiger partial charge on any atom is -0.458 e. The van der Waals surface area contributed by atoms with Gasteiger partial charge in [0.25, 0.3) is 0 Å². The summed E-state index contributed by atoms with van der Waals surface area (Å²) >= 11 is 1.49. The third-order valence-corrected chi connectivity index (χ3v) is 3.81. The van der Waals surface area contributed by atoms with Crippen LogP contribution in [0, 0.1) is 0 Å². The molecule has 2 rings (SSSR count). The molecule has 0 spiro atoms. The molecule has 0 aliphatic carbocycles. The highest BCUT2D eigenvalue weighted by molar-refractivity contribution is 7.09. The number of nitrogens with zero attached hydrogens (tertiary/aromatic N) is 1. The van der Waals surface area contributed by atoms with Crippen LogP contribution in [0.5, 0.6) is 0 Å². The number of Topliss-reactive ketones (excluding diaryl/α,β-unsaturated/α-hetero) is 1. The summed E-state index contributed by atoms with van der Waals surface area (Å²) in [4.78, 5) is 26.5. The van der Waals surface area contributed by atoms with Crippen molar-refractivity contribution in [2.24, 2.45) is 5.73 Å². The lowest BCUT2D eigenvalue weighted by Crippen LogP contribution is -2.33. The summed E-state index contributed by atoms with van der Waals surface area (Å²) in [5.41, 5.74) is 5.17. The molecule has 22 heavy (non-hydrogen) atoms. The predicted octanol–water partition coefficient (Wildman–Crippen LogP) is 2.95. The average molecular weight is 322 g/mol. The standard InChI is InChI=1S/C15H18N2O4S/c1-9(18)12-5-4-11(20-12)6-13-17-10(8-22-13)7-15(2,3)21-14(16)19/h4-5,8H,6-7H2,1-3H3,(H2,16,19). The molecule has 2 N–H and O–H groups in total. The van der Waals surface area contributed by atoms with Crippen molar-refractivity contribution in [3.8, 4) is 0 Å². The van der Waals surface area contributed by atoms with Crippen LogP contribution in [-0.2, 0) is 17.6 Å². The number of ketones is 1. The Kier molecular flexibility index (Phi) is 4.65. The molecule has 2 heterocycles. The van der Waals surface area contributed by atoms with Gasteiger partial charge in [0.05, 0.1) is 12.1 Å². The van der Waals surface area contributed by atoms with Crippen LogP contribution in [-0.4, -0.2) is 22.5 Å². The molecule has 118 valence electrons. The van der Waals surface area contributed by atoms with E-state index in [0.717, 1.165) is 10.7 Å². The first kappa shape index (κ1) is 16.2. The molecule has 0 saturated carbocycles. The van der Waals surface area contributed by atoms with Crippen molar-refractivity contribution in [1.82, 2.24) is 4.98 Å². The summed E-state index contributed by atoms with van der Waals surface area (Å²) < 4.78 is 10.5. The fourth-order valence-electron chi connectivity index (χ4n) is 2.07. The number of hydrogen-bond acceptors (Lipinski definition) is 6. The number of thiazole rings is 1. The van der Waals surface area contributed by atoms with Gasteiger partial charge in [0.15, 0.2) is 11.5 Å². The maximum absolute atomic E-state index is 11.2. The Morgan fingerprint density at radius 1 is 1.41 bits per heavy atom. The summed E-state index contributed by atoms with van der Waals surface area (Å²) in [6.45, 7) is 5.02. The van der Waals surface area contributed by atoms with E-state index in [1.54, 1.807) is 26.0 Å². The summed E-state index contributed by atoms with van der Waals surface area (Å²) in [5.74, 6) is 0.943. The van der Waals surface area contributed by atoms with Crippen molar-refractivity contribution < 1.29 is 18.7 Å². The number of hydrogen-bond donors (Lipinski definition) is 1. The Morgan fingerprint density at radius 3 is 2.73 bits per heavy atom. The van der Waals surface area contributed by atoms with Gasteiger partial charge in [-0.15, -0.1) is 11.3 Å². The molecule has 0 saturated heterocycles. The van der Waals surface area contributed by atoms with Crippen molar-refractivity contribution in [2.75, 3.05) is 0 Å². The predicted molar refractivity (Wildman–Crippen MR) is 82.1 cm³/mol. The largest absolute Gasteiger partial charge is 0.458 e. The van der Waals surface area contributed by atoms with E-state index in [0.29, 0.717) is 24.4 Å². The first-order valence-electron chi connectivity index (χ1n) is 6.76. The number of primary amides is 1. The van der Waals surface area contributed by atoms with E-state index in [-0.39, 0.29) is 5.78 Å². The molecule has 7 heteroatoms. The number of nitrogens with two attached hydrogens (primary N) is 1. The smallest absolute Gasteiger partial charge is 0.405 e. The first-order chi connectivity index (χ1) is 10.2. The van der Waals surface area contributed by atoms with Crippen LogP contribution in [0.3, 0.4) is 0 Å². The van der Waals surface area contributed by atoms with Crippen molar-refractivity contribution in [2.45, 2.75) is 39.2 Å². The first-order valence-corrected chi connectivity index (χ1v) is 7.64. The summed E-state index contributed by atoms with van der Waals surface area (Å²) in [5, 5.41) is 2.78. The Balaban J connectivity index is 2.01. The fraction of sp³-hybridized carbons (Fsp3) is 0.400. The van der Waals surface area contributed by atoms with E-state index in [9.17, 15) is 9.59 Å². The molecule has 0 fully saturated rings. The zero-order valence-corrected chi connectivity index (χ0v) is 13.5. The van der Waals surface area contributed by atoms with Crippen LogP contribution in [0.15, 0.2) is 21.9 Å². The zero-order valence-electron chi connectivity index (χ0n) is 12.7. The van der Waals surface area contributed by atoms with Gasteiger partial charge in [-0.1, -0.05) is 0 Å². The molecular formula is C15H18N2O4S. The molecule has 0 aliphatic heterocycles. The van der Waals surface area contributed by atoms with Crippen LogP contribution in [0.25, 0.3) is 0 Å². The monoisotopic (exact) mass is 322 g/mol. The molecule has 0 aromatic carbocycles. The zero-order chi connectivity index (χ0) is 16.3. The highest BCUT2D eigenvalue weighted by Gasteiger charge is 2.23. The Labute approximate surface area is 132 Å². The lowest BCUT2D eigenvalue weighted by Gasteiger charge is -2.22. The van der Waals surface area contributed by atoms with Gasteiger partial charge in [0, 0.05) is 18.7 Å². The van der Waals surface area contributed by atoms with Crippen molar-refractivity contribution >= 4 is 23.2 Å². The Bertz CT molecular complexity index is 687. The Hall–Kier alpha value is -2.15. The number of carbonyl (C=O) groups is 2. The van der Waals surface area contributed by atoms with E-state index in [1.807, 2.05) is 5.38 Å². The lowest BCUT2D eigenvalue weighted by molar-refractivity contribution is 0.0454. The lowest BCUT2D eigenvalue weighted by atomic mass is 10.0. The quantitative estimate of drug-likeness (QED) is 0.825. The van der Waals surface area contributed by atoms with E-state index < -0.39 is 11.7 Å². The molecule has 1 amide bonds. The van der Waals surface area contributed by atoms with Gasteiger partial charge < -0.3 is 14.9 Å². The van der Waals surface area contributed by atoms with Gasteiger partial charge >= 0.3 is 6.09 Å². The molecule has 0 unspecified atom stereocenters. The molecule has 6 nitrogen and oxygen atoms in total. The van der Waals surface area contributed by atoms with Crippen LogP contribution in [0.4, 0.5) is 4.79 Å². The molecule has 0 aliphatic rings. The highest BCUT2D eigenvalue weighted by Crippen LogP contribution is 2.21. The van der Waals surface area contributed by atoms with Crippen LogP contribution in [0.2, 0.25) is 0 Å². The summed E-state index contributed by atoms with van der Waals surface area (Å²) in [6.07, 6.45) is 0.200. The van der Waals surface area contributed by atoms with Crippen LogP contribution < -0.4 is 5.73 Å². The maximum atomic E-state index is 11.2. The summed E-state index contributed by atoms with van der Waals surface area (Å²) in [7, 11) is 0. The van der Waals surface area contributed by atoms with Gasteiger partial charge in [-0.25, -0.2) is 9.78 Å². The minimum atomic E-state index is -0.798. The number of amides is 1. The van der Waals surface area contributed by atoms with Gasteiger partial charge in [-0.05, 0) is 26.0 Å². The van der Waals surface area contributed by atoms with Gasteiger partial charge in [0.1, 0.15) is 16.4 Å². The number of aromatic nitrogens is 1. The third-order valence-electron chi connectivity index (χ3n) is 2.92. The van der Waals surface area contributed by atoms with E-state index in [1.165, 1.54) is 18.3 Å². The number of ether oxygens (including phenoxy) is 1. The SMILES string of the molecule is CC(=O)c1ccc(Cc2nc(CC(C)(C)OC(N)=O)cs2)o1. The summed E-state index contributed by atoms with van der Waals surface area (Å²) in [6, 6.07) is 3.44. The van der Waals surface area contributed by atoms with Crippen molar-refractivity contribution in [3.63, 3.8) is 0 Å². The second-order valence-corrected chi connectivity index (χ2v) is 6.53. The molecular weight excluding hydrogens is 304 g/mol. The van der Waals surface area contributed by atoms with Crippen molar-refractivity contribution in [1.29, 1.82) is 0 Å². The van der Waals surface area contributed by atoms with E-state index >= 15 is 0 Å². The minimum absolute atomic E-state index is 0.101. The molecule has 2 aromatic heterocycles. The van der Waals surface area contributed by atoms with E-state index in [4.69, 9.17) is 14.9 Å². The molecule has 2 aromatic rings. The maximum Gasteiger partial charge on any atom is 0.405 e. The molecule has 0 bridgehead atoms. The van der Waals surface area contributed by atoms with Crippen molar-refractivity contribution in [3.05, 3.63) is 39.7 Å². The van der Waals surface area contributed by atoms with Gasteiger partial charge in [-0.2, -0.15) is 0 Å². The molecule has 0 radical (unpaired) electrons. The third kappa shape index (κ3) is 4.42. The van der Waals surface area contributed by atoms with E-state index in [2.05, 4.69) is 4.98 Å². The van der Waals surface area contributed by atoms with Gasteiger partial charge in [0.2, 0.25) is 0 Å². The topological polar surface area (TPSA) is 95.4 Å². The molecule has 0 atom stereocenters. The highest BCUT2D eigenvalue weighted by atomic mass is 32.1. The van der Waals surface area contributed by atoms with Crippen LogP contribution >= 0.6 is 11.3 Å². The second kappa shape index (κ2) is 6.31. The normalized spacial score (nSPS) is 11.4. The number of carbonyl (C=O) groups excluding carboxylic acids is 2. The fourth-order valence-corrected chi connectivity index (χ4v) is 2.87. The second-order valence-electron chi connectivity index (χ2n) is 5.59. The Morgan fingerprint density at radius 2 is 2.14 bits per heavy atom. The number of furan rings is 1. The van der Waals surface area contributed by atoms with Gasteiger partial charge in [-0.3, -0.25) is 4.79 Å². The van der Waals surface area contributed by atoms with Crippen LogP contribution in [0.1, 0.15) is 47.8 Å².